The maximum Gasteiger partial charge on any atom is 0.259 e. The Balaban J connectivity index is 1.58. The van der Waals surface area contributed by atoms with Crippen molar-refractivity contribution in [1.82, 2.24) is 20.1 Å². The molecule has 3 rings (SSSR count). The summed E-state index contributed by atoms with van der Waals surface area (Å²) < 4.78 is 0. The van der Waals surface area contributed by atoms with E-state index in [9.17, 15) is 4.79 Å². The number of nitrogens with zero attached hydrogens (tertiary/aromatic N) is 5. The van der Waals surface area contributed by atoms with Gasteiger partial charge in [-0.2, -0.15) is 0 Å². The molecule has 0 radical (unpaired) electrons. The Morgan fingerprint density at radius 3 is 3.04 bits per heavy atom. The molecule has 1 amide bonds. The van der Waals surface area contributed by atoms with Crippen molar-refractivity contribution in [3.8, 4) is 0 Å². The molecule has 128 valence electrons. The second-order valence-corrected chi connectivity index (χ2v) is 7.09. The molecule has 0 aliphatic carbocycles. The van der Waals surface area contributed by atoms with Gasteiger partial charge in [-0.1, -0.05) is 11.3 Å². The smallest absolute Gasteiger partial charge is 0.259 e. The molecular weight excluding hydrogens is 324 g/mol. The van der Waals surface area contributed by atoms with Crippen molar-refractivity contribution in [3.05, 3.63) is 29.4 Å². The van der Waals surface area contributed by atoms with E-state index in [-0.39, 0.29) is 5.91 Å². The highest BCUT2D eigenvalue weighted by atomic mass is 32.1. The lowest BCUT2D eigenvalue weighted by Crippen LogP contribution is -2.38. The summed E-state index contributed by atoms with van der Waals surface area (Å²) >= 11 is 1.29. The van der Waals surface area contributed by atoms with Crippen LogP contribution in [-0.2, 0) is 0 Å². The first kappa shape index (κ1) is 16.8. The molecule has 0 spiro atoms. The first-order chi connectivity index (χ1) is 11.6. The van der Waals surface area contributed by atoms with Crippen LogP contribution in [0.5, 0.6) is 0 Å². The summed E-state index contributed by atoms with van der Waals surface area (Å²) in [4.78, 5) is 21.1. The standard InChI is InChI=1S/C16H22N6OS/c1-21-7-3-4-12(9-21)10-22(2)14-6-5-13(8-17-14)15(23)19-16-20-18-11-24-16/h5-6,8,11-12H,3-4,7,9-10H2,1-2H3,(H,19,20,23). The van der Waals surface area contributed by atoms with E-state index in [1.54, 1.807) is 17.8 Å². The molecule has 24 heavy (non-hydrogen) atoms. The Morgan fingerprint density at radius 1 is 1.50 bits per heavy atom. The highest BCUT2D eigenvalue weighted by Crippen LogP contribution is 2.19. The van der Waals surface area contributed by atoms with E-state index < -0.39 is 0 Å². The molecule has 3 heterocycles. The second-order valence-electron chi connectivity index (χ2n) is 6.25. The van der Waals surface area contributed by atoms with Crippen LogP contribution in [0.1, 0.15) is 23.2 Å². The van der Waals surface area contributed by atoms with E-state index >= 15 is 0 Å². The zero-order valence-electron chi connectivity index (χ0n) is 14.0. The molecule has 0 aromatic carbocycles. The third-order valence-electron chi connectivity index (χ3n) is 4.24. The van der Waals surface area contributed by atoms with Crippen LogP contribution in [0.4, 0.5) is 10.9 Å². The number of amides is 1. The molecule has 2 aromatic heterocycles. The third kappa shape index (κ3) is 4.27. The van der Waals surface area contributed by atoms with Crippen LogP contribution in [0, 0.1) is 5.92 Å². The van der Waals surface area contributed by atoms with E-state index in [1.165, 1.54) is 30.7 Å². The van der Waals surface area contributed by atoms with Gasteiger partial charge < -0.3 is 9.80 Å². The number of hydrogen-bond acceptors (Lipinski definition) is 7. The minimum Gasteiger partial charge on any atom is -0.359 e. The van der Waals surface area contributed by atoms with E-state index in [1.807, 2.05) is 6.07 Å². The molecule has 1 N–H and O–H groups in total. The fourth-order valence-corrected chi connectivity index (χ4v) is 3.49. The van der Waals surface area contributed by atoms with E-state index in [0.717, 1.165) is 18.9 Å². The molecule has 7 nitrogen and oxygen atoms in total. The summed E-state index contributed by atoms with van der Waals surface area (Å²) in [5.74, 6) is 1.33. The lowest BCUT2D eigenvalue weighted by molar-refractivity contribution is 0.102. The normalized spacial score (nSPS) is 18.3. The maximum atomic E-state index is 12.1. The van der Waals surface area contributed by atoms with Gasteiger partial charge in [0, 0.05) is 26.3 Å². The lowest BCUT2D eigenvalue weighted by atomic mass is 9.98. The van der Waals surface area contributed by atoms with Gasteiger partial charge in [-0.15, -0.1) is 10.2 Å². The largest absolute Gasteiger partial charge is 0.359 e. The number of rotatable bonds is 5. The molecule has 1 saturated heterocycles. The Bertz CT molecular complexity index is 660. The van der Waals surface area contributed by atoms with Crippen LogP contribution in [-0.4, -0.2) is 59.7 Å². The molecular formula is C16H22N6OS. The van der Waals surface area contributed by atoms with E-state index in [4.69, 9.17) is 0 Å². The molecule has 1 unspecified atom stereocenters. The lowest BCUT2D eigenvalue weighted by Gasteiger charge is -2.32. The minimum atomic E-state index is -0.220. The first-order valence-electron chi connectivity index (χ1n) is 8.05. The van der Waals surface area contributed by atoms with Crippen LogP contribution in [0.15, 0.2) is 23.8 Å². The highest BCUT2D eigenvalue weighted by Gasteiger charge is 2.19. The van der Waals surface area contributed by atoms with Crippen LogP contribution < -0.4 is 10.2 Å². The van der Waals surface area contributed by atoms with Crippen LogP contribution in [0.2, 0.25) is 0 Å². The molecule has 0 bridgehead atoms. The number of anilines is 2. The summed E-state index contributed by atoms with van der Waals surface area (Å²) in [5.41, 5.74) is 2.09. The molecule has 1 aliphatic heterocycles. The SMILES string of the molecule is CN1CCCC(CN(C)c2ccc(C(=O)Nc3nncs3)cn2)C1. The topological polar surface area (TPSA) is 74.2 Å². The van der Waals surface area contributed by atoms with Gasteiger partial charge in [0.05, 0.1) is 5.56 Å². The van der Waals surface area contributed by atoms with Crippen LogP contribution >= 0.6 is 11.3 Å². The van der Waals surface area contributed by atoms with Crippen molar-refractivity contribution in [1.29, 1.82) is 0 Å². The predicted molar refractivity (Wildman–Crippen MR) is 95.6 cm³/mol. The molecule has 1 fully saturated rings. The van der Waals surface area contributed by atoms with Gasteiger partial charge in [-0.25, -0.2) is 4.98 Å². The monoisotopic (exact) mass is 346 g/mol. The number of nitrogens with one attached hydrogen (secondary N) is 1. The number of piperidine rings is 1. The number of aromatic nitrogens is 3. The Morgan fingerprint density at radius 2 is 2.38 bits per heavy atom. The molecule has 2 aromatic rings. The number of pyridine rings is 1. The van der Waals surface area contributed by atoms with Gasteiger partial charge in [-0.3, -0.25) is 10.1 Å². The van der Waals surface area contributed by atoms with Gasteiger partial charge in [0.1, 0.15) is 11.3 Å². The Kier molecular flexibility index (Phi) is 5.37. The zero-order valence-corrected chi connectivity index (χ0v) is 14.8. The fourth-order valence-electron chi connectivity index (χ4n) is 3.05. The van der Waals surface area contributed by atoms with E-state index in [0.29, 0.717) is 16.6 Å². The fraction of sp³-hybridized carbons (Fsp3) is 0.500. The number of carbonyl (C=O) groups is 1. The zero-order chi connectivity index (χ0) is 16.9. The van der Waals surface area contributed by atoms with Crippen LogP contribution in [0.25, 0.3) is 0 Å². The second kappa shape index (κ2) is 7.67. The molecule has 8 heteroatoms. The van der Waals surface area contributed by atoms with Crippen molar-refractivity contribution >= 4 is 28.2 Å². The van der Waals surface area contributed by atoms with Crippen molar-refractivity contribution in [3.63, 3.8) is 0 Å². The number of carbonyl (C=O) groups excluding carboxylic acids is 1. The quantitative estimate of drug-likeness (QED) is 0.892. The van der Waals surface area contributed by atoms with Gasteiger partial charge in [-0.05, 0) is 44.5 Å². The van der Waals surface area contributed by atoms with Gasteiger partial charge in [0.25, 0.3) is 5.91 Å². The van der Waals surface area contributed by atoms with Crippen molar-refractivity contribution in [2.45, 2.75) is 12.8 Å². The summed E-state index contributed by atoms with van der Waals surface area (Å²) in [6.45, 7) is 3.30. The summed E-state index contributed by atoms with van der Waals surface area (Å²) in [6, 6.07) is 3.68. The third-order valence-corrected chi connectivity index (χ3v) is 4.84. The van der Waals surface area contributed by atoms with Crippen LogP contribution in [0.3, 0.4) is 0 Å². The predicted octanol–water partition coefficient (Wildman–Crippen LogP) is 1.96. The maximum absolute atomic E-state index is 12.1. The minimum absolute atomic E-state index is 0.220. The Labute approximate surface area is 145 Å². The summed E-state index contributed by atoms with van der Waals surface area (Å²) in [6.07, 6.45) is 4.12. The summed E-state index contributed by atoms with van der Waals surface area (Å²) in [7, 11) is 4.23. The first-order valence-corrected chi connectivity index (χ1v) is 8.93. The average Bonchev–Trinajstić information content (AvgIpc) is 3.08. The van der Waals surface area contributed by atoms with Gasteiger partial charge in [0.2, 0.25) is 5.13 Å². The van der Waals surface area contributed by atoms with Crippen molar-refractivity contribution in [2.24, 2.45) is 5.92 Å². The summed E-state index contributed by atoms with van der Waals surface area (Å²) in [5, 5.41) is 10.7. The number of hydrogen-bond donors (Lipinski definition) is 1. The molecule has 1 aliphatic rings. The Hall–Kier alpha value is -2.06. The van der Waals surface area contributed by atoms with Gasteiger partial charge in [0.15, 0.2) is 0 Å². The van der Waals surface area contributed by atoms with Crippen molar-refractivity contribution < 1.29 is 4.79 Å². The molecule has 1 atom stereocenters. The molecule has 0 saturated carbocycles. The average molecular weight is 346 g/mol. The van der Waals surface area contributed by atoms with Crippen molar-refractivity contribution in [2.75, 3.05) is 43.9 Å². The highest BCUT2D eigenvalue weighted by molar-refractivity contribution is 7.13. The van der Waals surface area contributed by atoms with Gasteiger partial charge >= 0.3 is 0 Å². The number of likely N-dealkylation sites (tertiary alicyclic amines) is 1. The van der Waals surface area contributed by atoms with E-state index in [2.05, 4.69) is 44.4 Å².